The van der Waals surface area contributed by atoms with Gasteiger partial charge in [-0.05, 0) is 102 Å². The summed E-state index contributed by atoms with van der Waals surface area (Å²) in [5, 5.41) is 0.911. The SMILES string of the molecule is BrC1=CC2=Cc3c(Sc4cccc5c4C=C4C=C(Br)SC45)cccc3C2S1. The minimum absolute atomic E-state index is 0.455. The van der Waals surface area contributed by atoms with Gasteiger partial charge in [-0.1, -0.05) is 36.0 Å². The molecule has 4 aliphatic rings. The Morgan fingerprint density at radius 1 is 0.667 bits per heavy atom. The van der Waals surface area contributed by atoms with Crippen LogP contribution in [0.25, 0.3) is 12.2 Å². The first kappa shape index (κ1) is 17.3. The third-order valence-corrected chi connectivity index (χ3v) is 10.2. The lowest BCUT2D eigenvalue weighted by atomic mass is 10.1. The number of rotatable bonds is 2. The molecule has 0 saturated carbocycles. The lowest BCUT2D eigenvalue weighted by molar-refractivity contribution is 1.19. The molecular formula is C22H12Br2S3. The van der Waals surface area contributed by atoms with E-state index in [0.717, 1.165) is 0 Å². The zero-order valence-electron chi connectivity index (χ0n) is 13.9. The van der Waals surface area contributed by atoms with Crippen LogP contribution in [0.1, 0.15) is 32.8 Å². The molecule has 0 fully saturated rings. The van der Waals surface area contributed by atoms with Crippen molar-refractivity contribution in [2.75, 3.05) is 0 Å². The predicted molar refractivity (Wildman–Crippen MR) is 128 cm³/mol. The minimum atomic E-state index is 0.455. The van der Waals surface area contributed by atoms with Crippen LogP contribution in [0.15, 0.2) is 77.1 Å². The maximum absolute atomic E-state index is 3.64. The quantitative estimate of drug-likeness (QED) is 0.380. The van der Waals surface area contributed by atoms with E-state index >= 15 is 0 Å². The molecule has 2 unspecified atom stereocenters. The van der Waals surface area contributed by atoms with Gasteiger partial charge in [0.15, 0.2) is 0 Å². The second-order valence-corrected chi connectivity index (χ2v) is 12.9. The first-order chi connectivity index (χ1) is 13.2. The zero-order valence-corrected chi connectivity index (χ0v) is 19.5. The number of hydrogen-bond acceptors (Lipinski definition) is 3. The molecule has 2 aromatic rings. The highest BCUT2D eigenvalue weighted by Gasteiger charge is 2.33. The lowest BCUT2D eigenvalue weighted by Crippen LogP contribution is -1.91. The van der Waals surface area contributed by atoms with Crippen molar-refractivity contribution >= 4 is 79.3 Å². The van der Waals surface area contributed by atoms with Crippen molar-refractivity contribution in [1.29, 1.82) is 0 Å². The van der Waals surface area contributed by atoms with Gasteiger partial charge in [0, 0.05) is 9.79 Å². The van der Waals surface area contributed by atoms with Crippen LogP contribution in [-0.4, -0.2) is 0 Å². The fourth-order valence-corrected chi connectivity index (χ4v) is 8.90. The molecule has 132 valence electrons. The van der Waals surface area contributed by atoms with Crippen LogP contribution in [0.5, 0.6) is 0 Å². The summed E-state index contributed by atoms with van der Waals surface area (Å²) >= 11 is 13.0. The summed E-state index contributed by atoms with van der Waals surface area (Å²) in [6.45, 7) is 0. The smallest absolute Gasteiger partial charge is 0.0606 e. The summed E-state index contributed by atoms with van der Waals surface area (Å²) in [5.74, 6) is 0. The molecule has 0 bridgehead atoms. The molecular weight excluding hydrogens is 520 g/mol. The third-order valence-electron chi connectivity index (χ3n) is 5.23. The maximum atomic E-state index is 3.64. The maximum Gasteiger partial charge on any atom is 0.0606 e. The van der Waals surface area contributed by atoms with Crippen molar-refractivity contribution in [2.24, 2.45) is 0 Å². The fourth-order valence-electron chi connectivity index (χ4n) is 4.08. The van der Waals surface area contributed by atoms with E-state index in [1.807, 2.05) is 35.3 Å². The standard InChI is InChI=1S/C22H12Br2S3/c23-19-9-11-7-15-13(21(11)26-19)3-1-5-17(15)25-18-6-2-4-14-16(18)8-12-10-20(24)27-22(12)14/h1-10,21-22H. The van der Waals surface area contributed by atoms with Crippen molar-refractivity contribution in [1.82, 2.24) is 0 Å². The van der Waals surface area contributed by atoms with Crippen molar-refractivity contribution in [3.05, 3.63) is 89.6 Å². The van der Waals surface area contributed by atoms with E-state index in [2.05, 4.69) is 92.6 Å². The predicted octanol–water partition coefficient (Wildman–Crippen LogP) is 8.68. The van der Waals surface area contributed by atoms with Gasteiger partial charge in [0.05, 0.1) is 18.1 Å². The van der Waals surface area contributed by atoms with Gasteiger partial charge in [-0.25, -0.2) is 0 Å². The van der Waals surface area contributed by atoms with E-state index in [1.165, 1.54) is 50.8 Å². The largest absolute Gasteiger partial charge is 0.106 e. The first-order valence-electron chi connectivity index (χ1n) is 8.62. The molecule has 2 aliphatic carbocycles. The van der Waals surface area contributed by atoms with Crippen LogP contribution in [-0.2, 0) is 0 Å². The van der Waals surface area contributed by atoms with Crippen molar-refractivity contribution in [2.45, 2.75) is 20.3 Å². The summed E-state index contributed by atoms with van der Waals surface area (Å²) in [4.78, 5) is 2.71. The van der Waals surface area contributed by atoms with Crippen LogP contribution in [0.3, 0.4) is 0 Å². The minimum Gasteiger partial charge on any atom is -0.106 e. The Kier molecular flexibility index (Phi) is 4.14. The number of halogens is 2. The molecule has 5 heteroatoms. The molecule has 2 aromatic carbocycles. The van der Waals surface area contributed by atoms with Gasteiger partial charge in [0.2, 0.25) is 0 Å². The van der Waals surface area contributed by atoms with E-state index in [0.29, 0.717) is 10.5 Å². The molecule has 2 aliphatic heterocycles. The Morgan fingerprint density at radius 2 is 1.15 bits per heavy atom. The number of fused-ring (bicyclic) bond motifs is 6. The van der Waals surface area contributed by atoms with Gasteiger partial charge < -0.3 is 0 Å². The van der Waals surface area contributed by atoms with Crippen LogP contribution >= 0.6 is 67.1 Å². The summed E-state index contributed by atoms with van der Waals surface area (Å²) in [6.07, 6.45) is 9.26. The normalized spacial score (nSPS) is 23.9. The van der Waals surface area contributed by atoms with E-state index in [-0.39, 0.29) is 0 Å². The average molecular weight is 532 g/mol. The highest BCUT2D eigenvalue weighted by molar-refractivity contribution is 9.14. The van der Waals surface area contributed by atoms with Gasteiger partial charge in [-0.3, -0.25) is 0 Å². The van der Waals surface area contributed by atoms with E-state index in [9.17, 15) is 0 Å². The van der Waals surface area contributed by atoms with Crippen molar-refractivity contribution in [3.8, 4) is 0 Å². The molecule has 0 nitrogen and oxygen atoms in total. The summed E-state index contributed by atoms with van der Waals surface area (Å²) in [5.41, 5.74) is 8.50. The van der Waals surface area contributed by atoms with Crippen molar-refractivity contribution in [3.63, 3.8) is 0 Å². The van der Waals surface area contributed by atoms with E-state index in [1.54, 1.807) is 0 Å². The molecule has 0 amide bonds. The van der Waals surface area contributed by atoms with Gasteiger partial charge in [-0.15, -0.1) is 23.5 Å². The second-order valence-electron chi connectivity index (χ2n) is 6.80. The lowest BCUT2D eigenvalue weighted by Gasteiger charge is -2.14. The van der Waals surface area contributed by atoms with Crippen LogP contribution in [0.2, 0.25) is 0 Å². The van der Waals surface area contributed by atoms with Crippen LogP contribution in [0, 0.1) is 0 Å². The molecule has 0 spiro atoms. The molecule has 0 aromatic heterocycles. The first-order valence-corrected chi connectivity index (χ1v) is 12.8. The summed E-state index contributed by atoms with van der Waals surface area (Å²) in [7, 11) is 0. The third kappa shape index (κ3) is 2.73. The number of allylic oxidation sites excluding steroid dienone is 2. The van der Waals surface area contributed by atoms with Gasteiger partial charge in [0.1, 0.15) is 0 Å². The van der Waals surface area contributed by atoms with E-state index in [4.69, 9.17) is 0 Å². The molecule has 0 radical (unpaired) electrons. The Hall–Kier alpha value is -0.590. The second kappa shape index (κ2) is 6.46. The van der Waals surface area contributed by atoms with Gasteiger partial charge in [0.25, 0.3) is 0 Å². The number of hydrogen-bond donors (Lipinski definition) is 0. The highest BCUT2D eigenvalue weighted by Crippen LogP contribution is 2.58. The Morgan fingerprint density at radius 3 is 1.63 bits per heavy atom. The monoisotopic (exact) mass is 530 g/mol. The summed E-state index contributed by atoms with van der Waals surface area (Å²) in [6, 6.07) is 13.5. The van der Waals surface area contributed by atoms with Gasteiger partial charge >= 0.3 is 0 Å². The Balaban J connectivity index is 1.41. The van der Waals surface area contributed by atoms with Crippen molar-refractivity contribution < 1.29 is 0 Å². The van der Waals surface area contributed by atoms with Crippen LogP contribution in [0.4, 0.5) is 0 Å². The molecule has 2 atom stereocenters. The fraction of sp³-hybridized carbons (Fsp3) is 0.0909. The van der Waals surface area contributed by atoms with Crippen LogP contribution < -0.4 is 0 Å². The average Bonchev–Trinajstić information content (AvgIpc) is 3.35. The topological polar surface area (TPSA) is 0 Å². The zero-order chi connectivity index (χ0) is 18.1. The highest BCUT2D eigenvalue weighted by atomic mass is 79.9. The Bertz CT molecular complexity index is 1050. The van der Waals surface area contributed by atoms with Gasteiger partial charge in [-0.2, -0.15) is 0 Å². The molecule has 6 rings (SSSR count). The number of thioether (sulfide) groups is 2. The van der Waals surface area contributed by atoms with E-state index < -0.39 is 0 Å². The Labute approximate surface area is 187 Å². The molecule has 2 heterocycles. The molecule has 27 heavy (non-hydrogen) atoms. The summed E-state index contributed by atoms with van der Waals surface area (Å²) < 4.78 is 2.47. The number of benzene rings is 2. The molecule has 0 saturated heterocycles. The molecule has 0 N–H and O–H groups in total.